The first kappa shape index (κ1) is 15.5. The lowest BCUT2D eigenvalue weighted by molar-refractivity contribution is 0.230. The van der Waals surface area contributed by atoms with Crippen LogP contribution in [-0.2, 0) is 13.6 Å². The third-order valence-corrected chi connectivity index (χ3v) is 3.93. The highest BCUT2D eigenvalue weighted by atomic mass is 35.5. The van der Waals surface area contributed by atoms with Crippen molar-refractivity contribution < 1.29 is 13.6 Å². The highest BCUT2D eigenvalue weighted by Crippen LogP contribution is 2.46. The summed E-state index contributed by atoms with van der Waals surface area (Å²) in [6, 6.07) is 6.70. The quantitative estimate of drug-likeness (QED) is 0.657. The van der Waals surface area contributed by atoms with Gasteiger partial charge in [-0.05, 0) is 38.1 Å². The summed E-state index contributed by atoms with van der Waals surface area (Å²) in [7, 11) is -3.15. The van der Waals surface area contributed by atoms with Crippen molar-refractivity contribution in [3.8, 4) is 0 Å². The topological polar surface area (TPSA) is 61.5 Å². The Bertz CT molecular complexity index is 346. The molecule has 0 fully saturated rings. The first-order valence-corrected chi connectivity index (χ1v) is 6.42. The van der Waals surface area contributed by atoms with E-state index in [1.54, 1.807) is 38.1 Å². The van der Waals surface area contributed by atoms with Gasteiger partial charge < -0.3 is 14.8 Å². The van der Waals surface area contributed by atoms with Gasteiger partial charge in [0.25, 0.3) is 0 Å². The molecule has 0 bridgehead atoms. The van der Waals surface area contributed by atoms with Gasteiger partial charge in [0.2, 0.25) is 0 Å². The minimum absolute atomic E-state index is 0. The maximum absolute atomic E-state index is 12.2. The van der Waals surface area contributed by atoms with Crippen LogP contribution in [0.25, 0.3) is 0 Å². The van der Waals surface area contributed by atoms with Crippen molar-refractivity contribution >= 4 is 31.0 Å². The minimum atomic E-state index is -3.15. The fourth-order valence-electron chi connectivity index (χ4n) is 1.18. The number of halogens is 1. The van der Waals surface area contributed by atoms with Crippen LogP contribution in [0.15, 0.2) is 24.3 Å². The molecule has 0 aromatic heterocycles. The molecule has 2 N–H and O–H groups in total. The molecule has 1 rings (SSSR count). The fraction of sp³-hybridized carbons (Fsp3) is 0.400. The molecule has 0 saturated heterocycles. The first-order valence-electron chi connectivity index (χ1n) is 4.87. The summed E-state index contributed by atoms with van der Waals surface area (Å²) < 4.78 is 22.6. The predicted molar refractivity (Wildman–Crippen MR) is 68.6 cm³/mol. The summed E-state index contributed by atoms with van der Waals surface area (Å²) in [6.07, 6.45) is 0. The molecule has 0 radical (unpaired) electrons. The molecular weight excluding hydrogens is 249 g/mol. The van der Waals surface area contributed by atoms with E-state index in [-0.39, 0.29) is 12.4 Å². The molecule has 92 valence electrons. The van der Waals surface area contributed by atoms with Crippen LogP contribution in [0.1, 0.15) is 13.8 Å². The molecule has 0 aliphatic heterocycles. The summed E-state index contributed by atoms with van der Waals surface area (Å²) in [4.78, 5) is 0. The SMILES string of the molecule is CCOP(=O)(OCC)c1ccc(N)cc1.Cl. The van der Waals surface area contributed by atoms with Crippen molar-refractivity contribution in [3.63, 3.8) is 0 Å². The van der Waals surface area contributed by atoms with Crippen LogP contribution in [0.5, 0.6) is 0 Å². The summed E-state index contributed by atoms with van der Waals surface area (Å²) in [5.74, 6) is 0. The molecule has 1 aromatic rings. The van der Waals surface area contributed by atoms with Gasteiger partial charge in [0.15, 0.2) is 0 Å². The maximum atomic E-state index is 12.2. The van der Waals surface area contributed by atoms with Crippen LogP contribution in [-0.4, -0.2) is 13.2 Å². The summed E-state index contributed by atoms with van der Waals surface area (Å²) >= 11 is 0. The largest absolute Gasteiger partial charge is 0.399 e. The molecule has 0 heterocycles. The zero-order valence-corrected chi connectivity index (χ0v) is 11.1. The Morgan fingerprint density at radius 1 is 1.12 bits per heavy atom. The standard InChI is InChI=1S/C10H16NO3P.ClH/c1-3-13-15(12,14-4-2)10-7-5-9(11)6-8-10;/h5-8H,3-4,11H2,1-2H3;1H. The van der Waals surface area contributed by atoms with Crippen LogP contribution >= 0.6 is 20.0 Å². The Morgan fingerprint density at radius 2 is 1.56 bits per heavy atom. The van der Waals surface area contributed by atoms with Gasteiger partial charge in [-0.15, -0.1) is 12.4 Å². The van der Waals surface area contributed by atoms with Gasteiger partial charge in [-0.1, -0.05) is 0 Å². The first-order chi connectivity index (χ1) is 7.12. The molecule has 0 unspecified atom stereocenters. The number of hydrogen-bond donors (Lipinski definition) is 1. The van der Waals surface area contributed by atoms with Crippen LogP contribution in [0.2, 0.25) is 0 Å². The second kappa shape index (κ2) is 6.92. The van der Waals surface area contributed by atoms with Crippen molar-refractivity contribution in [2.24, 2.45) is 0 Å². The van der Waals surface area contributed by atoms with E-state index in [1.807, 2.05) is 0 Å². The van der Waals surface area contributed by atoms with Crippen molar-refractivity contribution in [1.29, 1.82) is 0 Å². The van der Waals surface area contributed by atoms with Crippen molar-refractivity contribution in [2.45, 2.75) is 13.8 Å². The summed E-state index contributed by atoms with van der Waals surface area (Å²) in [5.41, 5.74) is 6.17. The van der Waals surface area contributed by atoms with Crippen LogP contribution in [0, 0.1) is 0 Å². The molecule has 16 heavy (non-hydrogen) atoms. The van der Waals surface area contributed by atoms with E-state index >= 15 is 0 Å². The molecule has 6 heteroatoms. The summed E-state index contributed by atoms with van der Waals surface area (Å²) in [6.45, 7) is 4.26. The van der Waals surface area contributed by atoms with Gasteiger partial charge in [0, 0.05) is 5.69 Å². The molecule has 0 saturated carbocycles. The lowest BCUT2D eigenvalue weighted by Gasteiger charge is -2.16. The average molecular weight is 266 g/mol. The molecule has 0 aliphatic rings. The number of anilines is 1. The van der Waals surface area contributed by atoms with Gasteiger partial charge >= 0.3 is 7.60 Å². The van der Waals surface area contributed by atoms with Crippen LogP contribution in [0.4, 0.5) is 5.69 Å². The van der Waals surface area contributed by atoms with Gasteiger partial charge in [0.05, 0.1) is 18.5 Å². The fourth-order valence-corrected chi connectivity index (χ4v) is 2.75. The lowest BCUT2D eigenvalue weighted by atomic mass is 10.3. The van der Waals surface area contributed by atoms with Crippen LogP contribution in [0.3, 0.4) is 0 Å². The predicted octanol–water partition coefficient (Wildman–Crippen LogP) is 2.58. The summed E-state index contributed by atoms with van der Waals surface area (Å²) in [5, 5.41) is 0.542. The van der Waals surface area contributed by atoms with E-state index in [2.05, 4.69) is 0 Å². The maximum Gasteiger partial charge on any atom is 0.361 e. The van der Waals surface area contributed by atoms with Crippen LogP contribution < -0.4 is 11.0 Å². The third-order valence-electron chi connectivity index (χ3n) is 1.81. The number of nitrogens with two attached hydrogens (primary N) is 1. The molecule has 0 atom stereocenters. The molecule has 1 aromatic carbocycles. The Kier molecular flexibility index (Phi) is 6.68. The number of benzene rings is 1. The highest BCUT2D eigenvalue weighted by Gasteiger charge is 2.25. The zero-order chi connectivity index (χ0) is 11.3. The normalized spacial score (nSPS) is 10.9. The van der Waals surface area contributed by atoms with Gasteiger partial charge in [-0.2, -0.15) is 0 Å². The van der Waals surface area contributed by atoms with Gasteiger partial charge in [0.1, 0.15) is 0 Å². The van der Waals surface area contributed by atoms with E-state index in [0.717, 1.165) is 0 Å². The zero-order valence-electron chi connectivity index (χ0n) is 9.38. The molecule has 0 amide bonds. The molecule has 4 nitrogen and oxygen atoms in total. The molecular formula is C10H17ClNO3P. The Hall–Kier alpha value is -0.540. The number of nitrogen functional groups attached to an aromatic ring is 1. The Balaban J connectivity index is 0.00000225. The third kappa shape index (κ3) is 3.80. The average Bonchev–Trinajstić information content (AvgIpc) is 2.19. The Morgan fingerprint density at radius 3 is 1.94 bits per heavy atom. The Labute approximate surface area is 102 Å². The monoisotopic (exact) mass is 265 g/mol. The smallest absolute Gasteiger partial charge is 0.361 e. The second-order valence-electron chi connectivity index (χ2n) is 2.92. The minimum Gasteiger partial charge on any atom is -0.399 e. The van der Waals surface area contributed by atoms with E-state index in [0.29, 0.717) is 24.2 Å². The molecule has 0 spiro atoms. The van der Waals surface area contributed by atoms with E-state index in [9.17, 15) is 4.57 Å². The second-order valence-corrected chi connectivity index (χ2v) is 4.95. The van der Waals surface area contributed by atoms with Crippen molar-refractivity contribution in [1.82, 2.24) is 0 Å². The van der Waals surface area contributed by atoms with Crippen molar-refractivity contribution in [2.75, 3.05) is 18.9 Å². The van der Waals surface area contributed by atoms with E-state index < -0.39 is 7.60 Å². The highest BCUT2D eigenvalue weighted by molar-refractivity contribution is 7.62. The van der Waals surface area contributed by atoms with Gasteiger partial charge in [-0.25, -0.2) is 0 Å². The lowest BCUT2D eigenvalue weighted by Crippen LogP contribution is -2.10. The number of rotatable bonds is 5. The molecule has 0 aliphatic carbocycles. The van der Waals surface area contributed by atoms with E-state index in [4.69, 9.17) is 14.8 Å². The van der Waals surface area contributed by atoms with Crippen molar-refractivity contribution in [3.05, 3.63) is 24.3 Å². The van der Waals surface area contributed by atoms with E-state index in [1.165, 1.54) is 0 Å². The number of hydrogen-bond acceptors (Lipinski definition) is 4. The van der Waals surface area contributed by atoms with Gasteiger partial charge in [-0.3, -0.25) is 4.57 Å².